The zero-order chi connectivity index (χ0) is 23.5. The van der Waals surface area contributed by atoms with Crippen molar-refractivity contribution in [2.24, 2.45) is 10.2 Å². The molecule has 0 saturated carbocycles. The minimum absolute atomic E-state index is 0.117. The molecule has 1 heterocycles. The first-order chi connectivity index (χ1) is 15.9. The second kappa shape index (κ2) is 9.22. The number of benzene rings is 3. The van der Waals surface area contributed by atoms with E-state index in [1.54, 1.807) is 36.4 Å². The van der Waals surface area contributed by atoms with Crippen LogP contribution < -0.4 is 10.3 Å². The van der Waals surface area contributed by atoms with Gasteiger partial charge in [-0.05, 0) is 62.0 Å². The van der Waals surface area contributed by atoms with E-state index in [2.05, 4.69) is 10.2 Å². The van der Waals surface area contributed by atoms with Crippen molar-refractivity contribution in [2.75, 3.05) is 7.11 Å². The van der Waals surface area contributed by atoms with Gasteiger partial charge in [-0.25, -0.2) is 0 Å². The van der Waals surface area contributed by atoms with E-state index >= 15 is 0 Å². The summed E-state index contributed by atoms with van der Waals surface area (Å²) in [5.41, 5.74) is 2.71. The van der Waals surface area contributed by atoms with Crippen LogP contribution in [0.2, 0.25) is 0 Å². The Morgan fingerprint density at radius 3 is 2.24 bits per heavy atom. The van der Waals surface area contributed by atoms with E-state index in [4.69, 9.17) is 17.0 Å². The molecule has 166 valence electrons. The van der Waals surface area contributed by atoms with Crippen LogP contribution in [0, 0.1) is 18.6 Å². The van der Waals surface area contributed by atoms with Crippen molar-refractivity contribution in [1.29, 1.82) is 0 Å². The van der Waals surface area contributed by atoms with Crippen LogP contribution in [-0.2, 0) is 0 Å². The van der Waals surface area contributed by atoms with Crippen molar-refractivity contribution in [3.05, 3.63) is 99.0 Å². The van der Waals surface area contributed by atoms with Gasteiger partial charge in [-0.15, -0.1) is 10.2 Å². The summed E-state index contributed by atoms with van der Waals surface area (Å²) in [5.74, 6) is 0.104. The van der Waals surface area contributed by atoms with Crippen LogP contribution in [-0.4, -0.2) is 21.4 Å². The van der Waals surface area contributed by atoms with E-state index in [1.807, 2.05) is 50.2 Å². The highest BCUT2D eigenvalue weighted by Gasteiger charge is 2.20. The molecule has 3 aromatic carbocycles. The highest BCUT2D eigenvalue weighted by Crippen LogP contribution is 2.32. The van der Waals surface area contributed by atoms with Crippen LogP contribution in [0.15, 0.2) is 87.8 Å². The van der Waals surface area contributed by atoms with Gasteiger partial charge in [-0.3, -0.25) is 13.9 Å². The minimum Gasteiger partial charge on any atom is -0.494 e. The molecule has 1 aromatic heterocycles. The number of aryl methyl sites for hydroxylation is 2. The summed E-state index contributed by atoms with van der Waals surface area (Å²) in [4.78, 5) is 13.5. The molecule has 0 spiro atoms. The fraction of sp³-hybridized carbons (Fsp3) is 0.120. The summed E-state index contributed by atoms with van der Waals surface area (Å²) in [5, 5.41) is 19.5. The van der Waals surface area contributed by atoms with Gasteiger partial charge in [0.15, 0.2) is 4.77 Å². The first-order valence-electron chi connectivity index (χ1n) is 10.2. The van der Waals surface area contributed by atoms with E-state index in [0.717, 1.165) is 11.1 Å². The number of aromatic nitrogens is 2. The maximum Gasteiger partial charge on any atom is 0.290 e. The summed E-state index contributed by atoms with van der Waals surface area (Å²) in [6.45, 7) is 3.85. The Morgan fingerprint density at radius 1 is 0.879 bits per heavy atom. The molecule has 0 bridgehead atoms. The standard InChI is InChI=1S/C25H22N4O3S/c1-16-12-14-18(15-13-16)28-23(30)22(27-26-19-9-5-7-11-21(19)32-3)24(31)29(25(28)33)20-10-6-4-8-17(20)2/h4-15,31H,1-3H3. The number of para-hydroxylation sites is 2. The first kappa shape index (κ1) is 22.2. The molecule has 0 atom stereocenters. The molecule has 0 unspecified atom stereocenters. The van der Waals surface area contributed by atoms with E-state index in [9.17, 15) is 9.90 Å². The summed E-state index contributed by atoms with van der Waals surface area (Å²) in [7, 11) is 1.52. The molecule has 0 aliphatic heterocycles. The lowest BCUT2D eigenvalue weighted by molar-refractivity contribution is 0.415. The maximum absolute atomic E-state index is 13.5. The van der Waals surface area contributed by atoms with Gasteiger partial charge in [0.1, 0.15) is 11.4 Å². The Bertz CT molecular complexity index is 1470. The Labute approximate surface area is 195 Å². The number of hydrogen-bond acceptors (Lipinski definition) is 6. The Morgan fingerprint density at radius 2 is 1.55 bits per heavy atom. The molecule has 8 heteroatoms. The van der Waals surface area contributed by atoms with Crippen molar-refractivity contribution in [3.8, 4) is 23.0 Å². The fourth-order valence-electron chi connectivity index (χ4n) is 3.44. The maximum atomic E-state index is 13.5. The summed E-state index contributed by atoms with van der Waals surface area (Å²) in [6, 6.07) is 21.8. The van der Waals surface area contributed by atoms with Gasteiger partial charge in [0.05, 0.1) is 18.5 Å². The Kier molecular flexibility index (Phi) is 6.19. The van der Waals surface area contributed by atoms with Crippen LogP contribution in [0.3, 0.4) is 0 Å². The molecule has 0 aliphatic carbocycles. The number of nitrogens with zero attached hydrogens (tertiary/aromatic N) is 4. The second-order valence-corrected chi connectivity index (χ2v) is 7.79. The monoisotopic (exact) mass is 458 g/mol. The molecule has 33 heavy (non-hydrogen) atoms. The number of aromatic hydroxyl groups is 1. The van der Waals surface area contributed by atoms with E-state index < -0.39 is 5.56 Å². The number of methoxy groups -OCH3 is 1. The van der Waals surface area contributed by atoms with Crippen LogP contribution in [0.1, 0.15) is 11.1 Å². The normalized spacial score (nSPS) is 11.1. The SMILES string of the molecule is COc1ccccc1N=Nc1c(O)n(-c2ccccc2C)c(=S)n(-c2ccc(C)cc2)c1=O. The van der Waals surface area contributed by atoms with Gasteiger partial charge in [-0.2, -0.15) is 0 Å². The zero-order valence-electron chi connectivity index (χ0n) is 18.4. The molecule has 4 aromatic rings. The average Bonchev–Trinajstić information content (AvgIpc) is 2.81. The van der Waals surface area contributed by atoms with Crippen molar-refractivity contribution in [3.63, 3.8) is 0 Å². The lowest BCUT2D eigenvalue weighted by Gasteiger charge is -2.17. The smallest absolute Gasteiger partial charge is 0.290 e. The molecule has 0 fully saturated rings. The van der Waals surface area contributed by atoms with Crippen LogP contribution in [0.5, 0.6) is 11.6 Å². The Balaban J connectivity index is 2.03. The van der Waals surface area contributed by atoms with E-state index in [-0.39, 0.29) is 16.3 Å². The largest absolute Gasteiger partial charge is 0.494 e. The van der Waals surface area contributed by atoms with Crippen LogP contribution >= 0.6 is 12.2 Å². The molecule has 0 radical (unpaired) electrons. The third-order valence-electron chi connectivity index (χ3n) is 5.20. The number of hydrogen-bond donors (Lipinski definition) is 1. The Hall–Kier alpha value is -4.04. The minimum atomic E-state index is -0.579. The quantitative estimate of drug-likeness (QED) is 0.289. The molecule has 4 rings (SSSR count). The molecule has 0 aliphatic rings. The van der Waals surface area contributed by atoms with Crippen LogP contribution in [0.25, 0.3) is 11.4 Å². The zero-order valence-corrected chi connectivity index (χ0v) is 19.2. The summed E-state index contributed by atoms with van der Waals surface area (Å²) >= 11 is 5.67. The fourth-order valence-corrected chi connectivity index (χ4v) is 3.81. The molecule has 0 amide bonds. The second-order valence-electron chi connectivity index (χ2n) is 7.42. The van der Waals surface area contributed by atoms with Crippen molar-refractivity contribution in [2.45, 2.75) is 13.8 Å². The lowest BCUT2D eigenvalue weighted by Crippen LogP contribution is -2.23. The van der Waals surface area contributed by atoms with Gasteiger partial charge in [-0.1, -0.05) is 48.0 Å². The number of rotatable bonds is 5. The van der Waals surface area contributed by atoms with Crippen molar-refractivity contribution < 1.29 is 9.84 Å². The topological polar surface area (TPSA) is 81.1 Å². The van der Waals surface area contributed by atoms with Gasteiger partial charge < -0.3 is 9.84 Å². The molecule has 7 nitrogen and oxygen atoms in total. The van der Waals surface area contributed by atoms with Crippen molar-refractivity contribution in [1.82, 2.24) is 9.13 Å². The highest BCUT2D eigenvalue weighted by molar-refractivity contribution is 7.71. The molecular weight excluding hydrogens is 436 g/mol. The van der Waals surface area contributed by atoms with Gasteiger partial charge >= 0.3 is 0 Å². The third kappa shape index (κ3) is 4.20. The summed E-state index contributed by atoms with van der Waals surface area (Å²) < 4.78 is 8.20. The van der Waals surface area contributed by atoms with E-state index in [1.165, 1.54) is 16.2 Å². The predicted octanol–water partition coefficient (Wildman–Crippen LogP) is 6.10. The average molecular weight is 459 g/mol. The molecular formula is C25H22N4O3S. The van der Waals surface area contributed by atoms with Gasteiger partial charge in [0.25, 0.3) is 5.56 Å². The van der Waals surface area contributed by atoms with Gasteiger partial charge in [0.2, 0.25) is 11.6 Å². The first-order valence-corrected chi connectivity index (χ1v) is 10.6. The molecule has 0 saturated heterocycles. The summed E-state index contributed by atoms with van der Waals surface area (Å²) in [6.07, 6.45) is 0. The lowest BCUT2D eigenvalue weighted by atomic mass is 10.2. The predicted molar refractivity (Wildman–Crippen MR) is 131 cm³/mol. The third-order valence-corrected chi connectivity index (χ3v) is 5.57. The van der Waals surface area contributed by atoms with E-state index in [0.29, 0.717) is 22.8 Å². The molecule has 1 N–H and O–H groups in total. The number of ether oxygens (including phenoxy) is 1. The van der Waals surface area contributed by atoms with Gasteiger partial charge in [0, 0.05) is 0 Å². The van der Waals surface area contributed by atoms with Crippen LogP contribution in [0.4, 0.5) is 11.4 Å². The number of azo groups is 1. The van der Waals surface area contributed by atoms with Crippen molar-refractivity contribution >= 4 is 23.6 Å². The highest BCUT2D eigenvalue weighted by atomic mass is 32.1.